The van der Waals surface area contributed by atoms with Gasteiger partial charge < -0.3 is 14.4 Å². The van der Waals surface area contributed by atoms with Crippen molar-refractivity contribution in [3.63, 3.8) is 0 Å². The van der Waals surface area contributed by atoms with Gasteiger partial charge in [0.1, 0.15) is 0 Å². The van der Waals surface area contributed by atoms with E-state index in [9.17, 15) is 4.79 Å². The number of aryl methyl sites for hydroxylation is 2. The van der Waals surface area contributed by atoms with Gasteiger partial charge in [-0.2, -0.15) is 5.10 Å². The predicted molar refractivity (Wildman–Crippen MR) is 82.9 cm³/mol. The molecule has 7 heteroatoms. The SMILES string of the molecule is COCCN(CCOC)C(=O)c1cnc2c(c1)c(C)nn2C. The van der Waals surface area contributed by atoms with Crippen LogP contribution < -0.4 is 0 Å². The third kappa shape index (κ3) is 3.42. The van der Waals surface area contributed by atoms with Gasteiger partial charge in [-0.1, -0.05) is 0 Å². The second kappa shape index (κ2) is 7.33. The van der Waals surface area contributed by atoms with Crippen LogP contribution in [0, 0.1) is 6.92 Å². The quantitative estimate of drug-likeness (QED) is 0.763. The Hall–Kier alpha value is -1.99. The van der Waals surface area contributed by atoms with Gasteiger partial charge in [0.15, 0.2) is 5.65 Å². The van der Waals surface area contributed by atoms with Crippen LogP contribution in [0.3, 0.4) is 0 Å². The molecule has 1 amide bonds. The number of rotatable bonds is 7. The number of hydrogen-bond acceptors (Lipinski definition) is 5. The molecule has 2 aromatic heterocycles. The molecule has 22 heavy (non-hydrogen) atoms. The molecule has 0 atom stereocenters. The van der Waals surface area contributed by atoms with E-state index in [4.69, 9.17) is 9.47 Å². The maximum absolute atomic E-state index is 12.7. The van der Waals surface area contributed by atoms with Crippen molar-refractivity contribution in [1.82, 2.24) is 19.7 Å². The maximum atomic E-state index is 12.7. The average Bonchev–Trinajstić information content (AvgIpc) is 2.81. The Kier molecular flexibility index (Phi) is 5.46. The van der Waals surface area contributed by atoms with E-state index in [1.54, 1.807) is 30.0 Å². The van der Waals surface area contributed by atoms with Crippen LogP contribution in [0.1, 0.15) is 16.1 Å². The van der Waals surface area contributed by atoms with E-state index >= 15 is 0 Å². The number of carbonyl (C=O) groups is 1. The molecule has 0 N–H and O–H groups in total. The van der Waals surface area contributed by atoms with Crippen molar-refractivity contribution in [3.8, 4) is 0 Å². The normalized spacial score (nSPS) is 11.1. The lowest BCUT2D eigenvalue weighted by atomic mass is 10.2. The summed E-state index contributed by atoms with van der Waals surface area (Å²) in [5.74, 6) is -0.0771. The molecule has 7 nitrogen and oxygen atoms in total. The smallest absolute Gasteiger partial charge is 0.255 e. The molecule has 0 bridgehead atoms. The number of hydrogen-bond donors (Lipinski definition) is 0. The topological polar surface area (TPSA) is 69.5 Å². The Balaban J connectivity index is 2.26. The van der Waals surface area contributed by atoms with Crippen molar-refractivity contribution >= 4 is 16.9 Å². The van der Waals surface area contributed by atoms with E-state index in [0.29, 0.717) is 31.9 Å². The fourth-order valence-electron chi connectivity index (χ4n) is 2.33. The molecule has 0 aliphatic heterocycles. The minimum Gasteiger partial charge on any atom is -0.383 e. The van der Waals surface area contributed by atoms with Crippen LogP contribution in [-0.2, 0) is 16.5 Å². The first-order chi connectivity index (χ1) is 10.6. The van der Waals surface area contributed by atoms with Crippen molar-refractivity contribution in [1.29, 1.82) is 0 Å². The average molecular weight is 306 g/mol. The zero-order valence-corrected chi connectivity index (χ0v) is 13.5. The molecular formula is C15H22N4O3. The molecule has 0 saturated carbocycles. The fourth-order valence-corrected chi connectivity index (χ4v) is 2.33. The first kappa shape index (κ1) is 16.4. The van der Waals surface area contributed by atoms with Crippen molar-refractivity contribution < 1.29 is 14.3 Å². The highest BCUT2D eigenvalue weighted by Gasteiger charge is 2.17. The van der Waals surface area contributed by atoms with Crippen LogP contribution in [0.4, 0.5) is 0 Å². The van der Waals surface area contributed by atoms with Crippen LogP contribution in [0.2, 0.25) is 0 Å². The summed E-state index contributed by atoms with van der Waals surface area (Å²) < 4.78 is 11.8. The Morgan fingerprint density at radius 3 is 2.50 bits per heavy atom. The maximum Gasteiger partial charge on any atom is 0.255 e. The van der Waals surface area contributed by atoms with Gasteiger partial charge in [0.2, 0.25) is 0 Å². The minimum atomic E-state index is -0.0771. The lowest BCUT2D eigenvalue weighted by Gasteiger charge is -2.22. The lowest BCUT2D eigenvalue weighted by Crippen LogP contribution is -2.36. The van der Waals surface area contributed by atoms with Gasteiger partial charge in [0, 0.05) is 45.9 Å². The molecular weight excluding hydrogens is 284 g/mol. The molecule has 2 aromatic rings. The number of nitrogens with zero attached hydrogens (tertiary/aromatic N) is 4. The molecule has 0 fully saturated rings. The van der Waals surface area contributed by atoms with Crippen LogP contribution >= 0.6 is 0 Å². The Bertz CT molecular complexity index is 646. The predicted octanol–water partition coefficient (Wildman–Crippen LogP) is 1.01. The zero-order chi connectivity index (χ0) is 16.1. The van der Waals surface area contributed by atoms with E-state index in [2.05, 4.69) is 10.1 Å². The molecule has 0 spiro atoms. The summed E-state index contributed by atoms with van der Waals surface area (Å²) in [6, 6.07) is 1.85. The minimum absolute atomic E-state index is 0.0771. The van der Waals surface area contributed by atoms with Crippen LogP contribution in [0.15, 0.2) is 12.3 Å². The first-order valence-corrected chi connectivity index (χ1v) is 7.15. The molecule has 120 valence electrons. The van der Waals surface area contributed by atoms with Gasteiger partial charge in [-0.3, -0.25) is 9.48 Å². The summed E-state index contributed by atoms with van der Waals surface area (Å²) in [5, 5.41) is 5.22. The number of fused-ring (bicyclic) bond motifs is 1. The van der Waals surface area contributed by atoms with Gasteiger partial charge in [0.05, 0.1) is 24.5 Å². The number of carbonyl (C=O) groups excluding carboxylic acids is 1. The van der Waals surface area contributed by atoms with Gasteiger partial charge in [-0.25, -0.2) is 4.98 Å². The summed E-state index contributed by atoms with van der Waals surface area (Å²) in [7, 11) is 5.07. The highest BCUT2D eigenvalue weighted by molar-refractivity contribution is 5.97. The Morgan fingerprint density at radius 2 is 1.91 bits per heavy atom. The second-order valence-corrected chi connectivity index (χ2v) is 5.08. The third-order valence-electron chi connectivity index (χ3n) is 3.53. The Labute approximate surface area is 129 Å². The van der Waals surface area contributed by atoms with E-state index in [0.717, 1.165) is 16.7 Å². The van der Waals surface area contributed by atoms with Crippen LogP contribution in [0.5, 0.6) is 0 Å². The number of ether oxygens (including phenoxy) is 2. The monoisotopic (exact) mass is 306 g/mol. The summed E-state index contributed by atoms with van der Waals surface area (Å²) >= 11 is 0. The van der Waals surface area contributed by atoms with E-state index in [1.807, 2.05) is 20.0 Å². The second-order valence-electron chi connectivity index (χ2n) is 5.08. The number of methoxy groups -OCH3 is 2. The summed E-state index contributed by atoms with van der Waals surface area (Å²) in [4.78, 5) is 18.7. The first-order valence-electron chi connectivity index (χ1n) is 7.15. The highest BCUT2D eigenvalue weighted by Crippen LogP contribution is 2.17. The molecule has 0 radical (unpaired) electrons. The van der Waals surface area contributed by atoms with Gasteiger partial charge in [0.25, 0.3) is 5.91 Å². The van der Waals surface area contributed by atoms with Crippen LogP contribution in [-0.4, -0.2) is 66.1 Å². The number of amides is 1. The molecule has 0 aliphatic rings. The zero-order valence-electron chi connectivity index (χ0n) is 13.5. The Morgan fingerprint density at radius 1 is 1.27 bits per heavy atom. The third-order valence-corrected chi connectivity index (χ3v) is 3.53. The number of pyridine rings is 1. The standard InChI is InChI=1S/C15H22N4O3/c1-11-13-9-12(10-16-14(13)18(2)17-11)15(20)19(5-7-21-3)6-8-22-4/h9-10H,5-8H2,1-4H3. The summed E-state index contributed by atoms with van der Waals surface area (Å²) in [5.41, 5.74) is 2.19. The van der Waals surface area contributed by atoms with Gasteiger partial charge >= 0.3 is 0 Å². The van der Waals surface area contributed by atoms with Crippen molar-refractivity contribution in [2.75, 3.05) is 40.5 Å². The molecule has 0 aromatic carbocycles. The van der Waals surface area contributed by atoms with Gasteiger partial charge in [-0.05, 0) is 13.0 Å². The van der Waals surface area contributed by atoms with E-state index < -0.39 is 0 Å². The lowest BCUT2D eigenvalue weighted by molar-refractivity contribution is 0.0627. The summed E-state index contributed by atoms with van der Waals surface area (Å²) in [6.07, 6.45) is 1.60. The summed E-state index contributed by atoms with van der Waals surface area (Å²) in [6.45, 7) is 3.91. The van der Waals surface area contributed by atoms with Gasteiger partial charge in [-0.15, -0.1) is 0 Å². The molecule has 2 rings (SSSR count). The number of aromatic nitrogens is 3. The molecule has 0 saturated heterocycles. The molecule has 2 heterocycles. The largest absolute Gasteiger partial charge is 0.383 e. The fraction of sp³-hybridized carbons (Fsp3) is 0.533. The van der Waals surface area contributed by atoms with Crippen molar-refractivity contribution in [2.24, 2.45) is 7.05 Å². The van der Waals surface area contributed by atoms with Crippen LogP contribution in [0.25, 0.3) is 11.0 Å². The van der Waals surface area contributed by atoms with E-state index in [1.165, 1.54) is 0 Å². The molecule has 0 unspecified atom stereocenters. The van der Waals surface area contributed by atoms with Crippen molar-refractivity contribution in [3.05, 3.63) is 23.5 Å². The van der Waals surface area contributed by atoms with Crippen molar-refractivity contribution in [2.45, 2.75) is 6.92 Å². The molecule has 0 aliphatic carbocycles. The van der Waals surface area contributed by atoms with E-state index in [-0.39, 0.29) is 5.91 Å². The highest BCUT2D eigenvalue weighted by atomic mass is 16.5.